The molecule has 0 radical (unpaired) electrons. The highest BCUT2D eigenvalue weighted by atomic mass is 16.7. The molecule has 0 aliphatic carbocycles. The molecule has 1 unspecified atom stereocenters. The van der Waals surface area contributed by atoms with E-state index < -0.39 is 12.4 Å². The van der Waals surface area contributed by atoms with Crippen LogP contribution in [0.3, 0.4) is 0 Å². The van der Waals surface area contributed by atoms with Crippen molar-refractivity contribution in [2.75, 3.05) is 0 Å². The Labute approximate surface area is 69.2 Å². The van der Waals surface area contributed by atoms with Crippen LogP contribution in [0, 0.1) is 0 Å². The molecule has 0 aromatic carbocycles. The van der Waals surface area contributed by atoms with Gasteiger partial charge in [-0.2, -0.15) is 0 Å². The zero-order valence-electron chi connectivity index (χ0n) is 6.40. The van der Waals surface area contributed by atoms with E-state index in [-0.39, 0.29) is 5.91 Å². The minimum atomic E-state index is -1.37. The van der Waals surface area contributed by atoms with E-state index in [9.17, 15) is 9.59 Å². The van der Waals surface area contributed by atoms with Crippen molar-refractivity contribution in [2.45, 2.75) is 19.1 Å². The molecule has 66 valence electrons. The maximum absolute atomic E-state index is 11.0. The average molecular weight is 171 g/mol. The summed E-state index contributed by atoms with van der Waals surface area (Å²) >= 11 is 0. The largest absolute Gasteiger partial charge is 0.507 e. The highest BCUT2D eigenvalue weighted by Crippen LogP contribution is 2.19. The molecule has 5 nitrogen and oxygen atoms in total. The fraction of sp³-hybridized carbons (Fsp3) is 0.429. The summed E-state index contributed by atoms with van der Waals surface area (Å²) in [4.78, 5) is 22.3. The molecule has 0 aromatic rings. The summed E-state index contributed by atoms with van der Waals surface area (Å²) in [5.41, 5.74) is 0. The van der Waals surface area contributed by atoms with Gasteiger partial charge < -0.3 is 9.84 Å². The molecule has 12 heavy (non-hydrogen) atoms. The number of carbonyl (C=O) groups is 2. The van der Waals surface area contributed by atoms with E-state index in [2.05, 4.69) is 11.3 Å². The van der Waals surface area contributed by atoms with Crippen LogP contribution in [0.25, 0.3) is 0 Å². The van der Waals surface area contributed by atoms with Crippen molar-refractivity contribution < 1.29 is 19.4 Å². The lowest BCUT2D eigenvalue weighted by Gasteiger charge is -2.18. The predicted octanol–water partition coefficient (Wildman–Crippen LogP) is 0.773. The normalized spacial score (nSPS) is 22.5. The molecule has 0 spiro atoms. The first-order valence-electron chi connectivity index (χ1n) is 3.48. The van der Waals surface area contributed by atoms with E-state index in [4.69, 9.17) is 5.11 Å². The zero-order chi connectivity index (χ0) is 9.14. The molecule has 5 heteroatoms. The van der Waals surface area contributed by atoms with E-state index in [1.54, 1.807) is 0 Å². The third-order valence-electron chi connectivity index (χ3n) is 1.64. The highest BCUT2D eigenvalue weighted by molar-refractivity contribution is 5.79. The van der Waals surface area contributed by atoms with Crippen molar-refractivity contribution in [1.29, 1.82) is 0 Å². The second-order valence-electron chi connectivity index (χ2n) is 2.36. The molecule has 1 heterocycles. The molecule has 1 fully saturated rings. The second kappa shape index (κ2) is 3.25. The average Bonchev–Trinajstić information content (AvgIpc) is 2.30. The first-order valence-corrected chi connectivity index (χ1v) is 3.48. The third-order valence-corrected chi connectivity index (χ3v) is 1.64. The summed E-state index contributed by atoms with van der Waals surface area (Å²) in [6.45, 7) is 3.38. The Morgan fingerprint density at radius 2 is 2.50 bits per heavy atom. The number of rotatable bonds is 2. The molecular weight excluding hydrogens is 162 g/mol. The van der Waals surface area contributed by atoms with Crippen molar-refractivity contribution in [1.82, 2.24) is 4.90 Å². The van der Waals surface area contributed by atoms with E-state index in [0.717, 1.165) is 0 Å². The number of carbonyl (C=O) groups excluding carboxylic acids is 1. The van der Waals surface area contributed by atoms with Crippen molar-refractivity contribution in [3.05, 3.63) is 12.8 Å². The van der Waals surface area contributed by atoms with Crippen LogP contribution in [0.15, 0.2) is 12.8 Å². The Kier molecular flexibility index (Phi) is 2.32. The Balaban J connectivity index is 2.60. The second-order valence-corrected chi connectivity index (χ2v) is 2.36. The number of hydrogen-bond donors (Lipinski definition) is 1. The highest BCUT2D eigenvalue weighted by Gasteiger charge is 2.31. The van der Waals surface area contributed by atoms with Gasteiger partial charge in [0.05, 0.1) is 0 Å². The summed E-state index contributed by atoms with van der Waals surface area (Å²) < 4.78 is 4.44. The summed E-state index contributed by atoms with van der Waals surface area (Å²) in [5, 5.41) is 8.28. The van der Waals surface area contributed by atoms with Gasteiger partial charge in [0.15, 0.2) is 6.23 Å². The lowest BCUT2D eigenvalue weighted by atomic mass is 10.3. The van der Waals surface area contributed by atoms with E-state index >= 15 is 0 Å². The lowest BCUT2D eigenvalue weighted by Crippen LogP contribution is -2.31. The fourth-order valence-electron chi connectivity index (χ4n) is 1.13. The molecule has 1 rings (SSSR count). The lowest BCUT2D eigenvalue weighted by molar-refractivity contribution is -0.130. The van der Waals surface area contributed by atoms with Gasteiger partial charge in [0.25, 0.3) is 0 Å². The molecule has 0 saturated carbocycles. The third kappa shape index (κ3) is 1.55. The van der Waals surface area contributed by atoms with Gasteiger partial charge in [-0.15, -0.1) is 0 Å². The molecule has 1 aliphatic rings. The van der Waals surface area contributed by atoms with Crippen LogP contribution < -0.4 is 0 Å². The molecule has 0 bridgehead atoms. The molecule has 1 aliphatic heterocycles. The minimum absolute atomic E-state index is 0.156. The van der Waals surface area contributed by atoms with Crippen LogP contribution in [0.2, 0.25) is 0 Å². The molecule has 1 saturated heterocycles. The predicted molar refractivity (Wildman–Crippen MR) is 39.2 cm³/mol. The van der Waals surface area contributed by atoms with Gasteiger partial charge in [0.1, 0.15) is 0 Å². The fourth-order valence-corrected chi connectivity index (χ4v) is 1.13. The van der Waals surface area contributed by atoms with Gasteiger partial charge in [-0.3, -0.25) is 9.69 Å². The van der Waals surface area contributed by atoms with Crippen LogP contribution in [0.1, 0.15) is 12.8 Å². The van der Waals surface area contributed by atoms with E-state index in [1.165, 1.54) is 11.1 Å². The number of amides is 1. The Hall–Kier alpha value is -1.52. The van der Waals surface area contributed by atoms with Gasteiger partial charge >= 0.3 is 6.16 Å². The minimum Gasteiger partial charge on any atom is -0.450 e. The number of ether oxygens (including phenoxy) is 1. The number of carboxylic acid groups (broad SMARTS) is 1. The van der Waals surface area contributed by atoms with Crippen molar-refractivity contribution in [2.24, 2.45) is 0 Å². The Morgan fingerprint density at radius 1 is 1.83 bits per heavy atom. The monoisotopic (exact) mass is 171 g/mol. The van der Waals surface area contributed by atoms with Crippen molar-refractivity contribution in [3.63, 3.8) is 0 Å². The topological polar surface area (TPSA) is 66.8 Å². The van der Waals surface area contributed by atoms with Crippen LogP contribution >= 0.6 is 0 Å². The summed E-state index contributed by atoms with van der Waals surface area (Å²) in [7, 11) is 0. The van der Waals surface area contributed by atoms with Gasteiger partial charge in [-0.05, 0) is 0 Å². The van der Waals surface area contributed by atoms with Gasteiger partial charge in [-0.1, -0.05) is 6.58 Å². The molecule has 1 N–H and O–H groups in total. The zero-order valence-corrected chi connectivity index (χ0v) is 6.40. The summed E-state index contributed by atoms with van der Waals surface area (Å²) in [6.07, 6.45) is -0.0709. The van der Waals surface area contributed by atoms with Crippen LogP contribution in [0.5, 0.6) is 0 Å². The van der Waals surface area contributed by atoms with Gasteiger partial charge in [-0.25, -0.2) is 4.79 Å². The van der Waals surface area contributed by atoms with E-state index in [0.29, 0.717) is 12.8 Å². The summed E-state index contributed by atoms with van der Waals surface area (Å²) in [5.74, 6) is -0.156. The molecule has 0 aromatic heterocycles. The quantitative estimate of drug-likeness (QED) is 0.623. The van der Waals surface area contributed by atoms with Crippen molar-refractivity contribution in [3.8, 4) is 0 Å². The van der Waals surface area contributed by atoms with E-state index in [1.807, 2.05) is 0 Å². The number of likely N-dealkylation sites (tertiary alicyclic amines) is 1. The summed E-state index contributed by atoms with van der Waals surface area (Å²) in [6, 6.07) is 0. The first-order chi connectivity index (χ1) is 5.65. The molecule has 1 amide bonds. The number of hydrogen-bond acceptors (Lipinski definition) is 3. The SMILES string of the molecule is C=CN1C(=O)CCC1OC(=O)O. The van der Waals surface area contributed by atoms with Gasteiger partial charge in [0.2, 0.25) is 5.91 Å². The maximum atomic E-state index is 11.0. The smallest absolute Gasteiger partial charge is 0.450 e. The van der Waals surface area contributed by atoms with Crippen LogP contribution in [-0.2, 0) is 9.53 Å². The maximum Gasteiger partial charge on any atom is 0.507 e. The molecule has 1 atom stereocenters. The van der Waals surface area contributed by atoms with Crippen molar-refractivity contribution >= 4 is 12.1 Å². The first kappa shape index (κ1) is 8.58. The van der Waals surface area contributed by atoms with Crippen LogP contribution in [-0.4, -0.2) is 28.3 Å². The number of nitrogens with zero attached hydrogens (tertiary/aromatic N) is 1. The van der Waals surface area contributed by atoms with Gasteiger partial charge in [0, 0.05) is 19.0 Å². The molecular formula is C7H9NO4. The standard InChI is InChI=1S/C7H9NO4/c1-2-8-5(9)3-4-6(8)12-7(10)11/h2,6H,1,3-4H2,(H,10,11). The Bertz CT molecular complexity index is 225. The Morgan fingerprint density at radius 3 is 3.00 bits per heavy atom. The van der Waals surface area contributed by atoms with Crippen LogP contribution in [0.4, 0.5) is 4.79 Å².